The Bertz CT molecular complexity index is 468. The Balaban J connectivity index is 2.34. The summed E-state index contributed by atoms with van der Waals surface area (Å²) in [4.78, 5) is 21.3. The number of nitrogens with zero attached hydrogens (tertiary/aromatic N) is 2. The molecule has 2 N–H and O–H groups in total. The van der Waals surface area contributed by atoms with Gasteiger partial charge in [-0.25, -0.2) is 4.98 Å². The molecule has 18 heavy (non-hydrogen) atoms. The van der Waals surface area contributed by atoms with Gasteiger partial charge in [0.15, 0.2) is 0 Å². The van der Waals surface area contributed by atoms with Gasteiger partial charge in [0.05, 0.1) is 0 Å². The third kappa shape index (κ3) is 2.72. The third-order valence-electron chi connectivity index (χ3n) is 3.35. The first-order valence-electron chi connectivity index (χ1n) is 6.58. The zero-order chi connectivity index (χ0) is 13.3. The molecule has 2 atom stereocenters. The minimum Gasteiger partial charge on any atom is -0.351 e. The van der Waals surface area contributed by atoms with Crippen LogP contribution in [0.2, 0.25) is 0 Å². The first-order chi connectivity index (χ1) is 8.47. The first-order valence-corrected chi connectivity index (χ1v) is 6.58. The maximum absolute atomic E-state index is 11.7. The predicted octanol–water partition coefficient (Wildman–Crippen LogP) is 1.08. The first kappa shape index (κ1) is 13.1. The van der Waals surface area contributed by atoms with Gasteiger partial charge in [-0.05, 0) is 13.8 Å². The summed E-state index contributed by atoms with van der Waals surface area (Å²) in [6, 6.07) is 2.38. The van der Waals surface area contributed by atoms with Crippen molar-refractivity contribution in [3.8, 4) is 0 Å². The smallest absolute Gasteiger partial charge is 0.252 e. The summed E-state index contributed by atoms with van der Waals surface area (Å²) in [5.74, 6) is 1.78. The second-order valence-corrected chi connectivity index (χ2v) is 5.45. The van der Waals surface area contributed by atoms with Crippen molar-refractivity contribution in [2.24, 2.45) is 0 Å². The third-order valence-corrected chi connectivity index (χ3v) is 3.35. The van der Waals surface area contributed by atoms with E-state index in [2.05, 4.69) is 34.0 Å². The molecular weight excluding hydrogens is 228 g/mol. The molecule has 1 fully saturated rings. The zero-order valence-electron chi connectivity index (χ0n) is 11.5. The van der Waals surface area contributed by atoms with E-state index in [0.29, 0.717) is 12.1 Å². The van der Waals surface area contributed by atoms with Crippen LogP contribution in [0, 0.1) is 0 Å². The minimum atomic E-state index is -0.0675. The number of rotatable bonds is 2. The molecule has 5 nitrogen and oxygen atoms in total. The van der Waals surface area contributed by atoms with Gasteiger partial charge in [0.2, 0.25) is 0 Å². The molecule has 1 saturated heterocycles. The molecule has 0 aliphatic carbocycles. The molecule has 0 amide bonds. The van der Waals surface area contributed by atoms with Crippen molar-refractivity contribution in [1.82, 2.24) is 15.3 Å². The maximum atomic E-state index is 11.7. The highest BCUT2D eigenvalue weighted by Crippen LogP contribution is 2.17. The van der Waals surface area contributed by atoms with Crippen LogP contribution in [0.3, 0.4) is 0 Å². The van der Waals surface area contributed by atoms with E-state index in [1.165, 1.54) is 0 Å². The fourth-order valence-electron chi connectivity index (χ4n) is 2.22. The Morgan fingerprint density at radius 1 is 1.44 bits per heavy atom. The maximum Gasteiger partial charge on any atom is 0.252 e. The molecule has 0 radical (unpaired) electrons. The molecule has 1 aromatic rings. The number of anilines is 1. The molecule has 2 unspecified atom stereocenters. The number of hydrogen-bond donors (Lipinski definition) is 2. The standard InChI is InChI=1S/C13H22N4O/c1-8(2)13-15-11(5-12(18)16-13)17-7-9(3)14-6-10(17)4/h5,8-10,14H,6-7H2,1-4H3,(H,15,16,18). The van der Waals surface area contributed by atoms with Crippen LogP contribution in [0.15, 0.2) is 10.9 Å². The normalized spacial score (nSPS) is 24.6. The number of piperazine rings is 1. The fourth-order valence-corrected chi connectivity index (χ4v) is 2.22. The number of aromatic nitrogens is 2. The lowest BCUT2D eigenvalue weighted by Crippen LogP contribution is -2.55. The monoisotopic (exact) mass is 250 g/mol. The van der Waals surface area contributed by atoms with Gasteiger partial charge in [0.25, 0.3) is 5.56 Å². The van der Waals surface area contributed by atoms with E-state index >= 15 is 0 Å². The van der Waals surface area contributed by atoms with Gasteiger partial charge in [-0.3, -0.25) is 4.79 Å². The predicted molar refractivity (Wildman–Crippen MR) is 73.2 cm³/mol. The summed E-state index contributed by atoms with van der Waals surface area (Å²) in [5.41, 5.74) is -0.0675. The molecule has 0 aromatic carbocycles. The summed E-state index contributed by atoms with van der Waals surface area (Å²) in [6.07, 6.45) is 0. The van der Waals surface area contributed by atoms with Gasteiger partial charge < -0.3 is 15.2 Å². The molecule has 1 aliphatic rings. The summed E-state index contributed by atoms with van der Waals surface area (Å²) < 4.78 is 0. The molecule has 5 heteroatoms. The Labute approximate surface area is 108 Å². The van der Waals surface area contributed by atoms with Crippen LogP contribution >= 0.6 is 0 Å². The lowest BCUT2D eigenvalue weighted by molar-refractivity contribution is 0.422. The molecule has 1 aromatic heterocycles. The topological polar surface area (TPSA) is 61.0 Å². The van der Waals surface area contributed by atoms with Crippen molar-refractivity contribution in [3.63, 3.8) is 0 Å². The second-order valence-electron chi connectivity index (χ2n) is 5.45. The average Bonchev–Trinajstić information content (AvgIpc) is 2.31. The van der Waals surface area contributed by atoms with E-state index < -0.39 is 0 Å². The number of nitrogens with one attached hydrogen (secondary N) is 2. The van der Waals surface area contributed by atoms with E-state index in [1.54, 1.807) is 6.07 Å². The molecule has 100 valence electrons. The highest BCUT2D eigenvalue weighted by atomic mass is 16.1. The molecular formula is C13H22N4O. The van der Waals surface area contributed by atoms with Gasteiger partial charge >= 0.3 is 0 Å². The highest BCUT2D eigenvalue weighted by Gasteiger charge is 2.24. The van der Waals surface area contributed by atoms with Crippen molar-refractivity contribution >= 4 is 5.82 Å². The van der Waals surface area contributed by atoms with Crippen molar-refractivity contribution in [2.45, 2.75) is 45.7 Å². The Kier molecular flexibility index (Phi) is 3.71. The van der Waals surface area contributed by atoms with E-state index in [-0.39, 0.29) is 11.5 Å². The number of aromatic amines is 1. The van der Waals surface area contributed by atoms with Crippen LogP contribution in [0.1, 0.15) is 39.4 Å². The van der Waals surface area contributed by atoms with Gasteiger partial charge in [-0.2, -0.15) is 0 Å². The second kappa shape index (κ2) is 5.10. The van der Waals surface area contributed by atoms with Gasteiger partial charge in [-0.1, -0.05) is 13.8 Å². The number of hydrogen-bond acceptors (Lipinski definition) is 4. The van der Waals surface area contributed by atoms with Crippen LogP contribution in [0.4, 0.5) is 5.82 Å². The van der Waals surface area contributed by atoms with Crippen molar-refractivity contribution < 1.29 is 0 Å². The average molecular weight is 250 g/mol. The van der Waals surface area contributed by atoms with E-state index in [9.17, 15) is 4.79 Å². The van der Waals surface area contributed by atoms with Crippen molar-refractivity contribution in [2.75, 3.05) is 18.0 Å². The lowest BCUT2D eigenvalue weighted by Gasteiger charge is -2.38. The van der Waals surface area contributed by atoms with Gasteiger partial charge in [0, 0.05) is 37.2 Å². The molecule has 0 bridgehead atoms. The van der Waals surface area contributed by atoms with Crippen molar-refractivity contribution in [1.29, 1.82) is 0 Å². The Morgan fingerprint density at radius 2 is 2.17 bits per heavy atom. The van der Waals surface area contributed by atoms with Crippen molar-refractivity contribution in [3.05, 3.63) is 22.2 Å². The SMILES string of the molecule is CC1CN(c2cc(=O)[nH]c(C(C)C)n2)C(C)CN1. The van der Waals surface area contributed by atoms with Crippen LogP contribution in [0.25, 0.3) is 0 Å². The van der Waals surface area contributed by atoms with Crippen LogP contribution in [-0.2, 0) is 0 Å². The Hall–Kier alpha value is -1.36. The largest absolute Gasteiger partial charge is 0.351 e. The highest BCUT2D eigenvalue weighted by molar-refractivity contribution is 5.40. The zero-order valence-corrected chi connectivity index (χ0v) is 11.5. The quantitative estimate of drug-likeness (QED) is 0.824. The van der Waals surface area contributed by atoms with Gasteiger partial charge in [-0.15, -0.1) is 0 Å². The molecule has 2 rings (SSSR count). The molecule has 1 aliphatic heterocycles. The Morgan fingerprint density at radius 3 is 2.83 bits per heavy atom. The molecule has 0 spiro atoms. The van der Waals surface area contributed by atoms with Crippen LogP contribution in [0.5, 0.6) is 0 Å². The molecule has 0 saturated carbocycles. The lowest BCUT2D eigenvalue weighted by atomic mass is 10.1. The van der Waals surface area contributed by atoms with Crippen LogP contribution in [-0.4, -0.2) is 35.1 Å². The summed E-state index contributed by atoms with van der Waals surface area (Å²) in [5, 5.41) is 3.43. The summed E-state index contributed by atoms with van der Waals surface area (Å²) in [6.45, 7) is 10.2. The minimum absolute atomic E-state index is 0.0675. The van der Waals surface area contributed by atoms with Crippen LogP contribution < -0.4 is 15.8 Å². The number of H-pyrrole nitrogens is 1. The molecule has 2 heterocycles. The van der Waals surface area contributed by atoms with Gasteiger partial charge in [0.1, 0.15) is 11.6 Å². The van der Waals surface area contributed by atoms with E-state index in [1.807, 2.05) is 13.8 Å². The fraction of sp³-hybridized carbons (Fsp3) is 0.692. The summed E-state index contributed by atoms with van der Waals surface area (Å²) in [7, 11) is 0. The summed E-state index contributed by atoms with van der Waals surface area (Å²) >= 11 is 0. The van der Waals surface area contributed by atoms with E-state index in [4.69, 9.17) is 0 Å². The van der Waals surface area contributed by atoms with E-state index in [0.717, 1.165) is 24.7 Å².